The summed E-state index contributed by atoms with van der Waals surface area (Å²) in [6.45, 7) is 5.09. The van der Waals surface area contributed by atoms with Gasteiger partial charge in [0.2, 0.25) is 5.82 Å². The number of alkyl halides is 1. The van der Waals surface area contributed by atoms with Crippen LogP contribution in [0.1, 0.15) is 38.4 Å². The monoisotopic (exact) mass is 424 g/mol. The molecule has 0 radical (unpaired) electrons. The van der Waals surface area contributed by atoms with Gasteiger partial charge in [-0.25, -0.2) is 14.4 Å². The van der Waals surface area contributed by atoms with Crippen molar-refractivity contribution in [1.82, 2.24) is 14.5 Å². The lowest BCUT2D eigenvalue weighted by Crippen LogP contribution is -2.36. The number of nitrogens with one attached hydrogen (secondary N) is 1. The normalized spacial score (nSPS) is 16.5. The standard InChI is InChI=1S/C22H25FN6O2/c1-15(2)22-24-11-13-28(22)20-10-9-19(29(30)31)21(26-20)25-17-7-3-4-8-18(17)27-12-5-6-16(23)14-27/h3-4,7-11,13,15-16H,5-6,12,14H2,1-2H3,(H,25,26). The summed E-state index contributed by atoms with van der Waals surface area (Å²) in [5, 5.41) is 14.8. The van der Waals surface area contributed by atoms with Crippen LogP contribution in [0, 0.1) is 10.1 Å². The van der Waals surface area contributed by atoms with E-state index in [1.807, 2.05) is 47.6 Å². The van der Waals surface area contributed by atoms with Gasteiger partial charge in [-0.2, -0.15) is 0 Å². The third-order valence-electron chi connectivity index (χ3n) is 5.35. The lowest BCUT2D eigenvalue weighted by Gasteiger charge is -2.32. The van der Waals surface area contributed by atoms with Crippen molar-refractivity contribution in [2.75, 3.05) is 23.3 Å². The summed E-state index contributed by atoms with van der Waals surface area (Å²) in [6, 6.07) is 10.5. The lowest BCUT2D eigenvalue weighted by molar-refractivity contribution is -0.384. The molecule has 0 saturated carbocycles. The Hall–Kier alpha value is -3.49. The van der Waals surface area contributed by atoms with Crippen molar-refractivity contribution in [1.29, 1.82) is 0 Å². The summed E-state index contributed by atoms with van der Waals surface area (Å²) in [5.41, 5.74) is 1.32. The molecule has 9 heteroatoms. The van der Waals surface area contributed by atoms with E-state index in [0.29, 0.717) is 24.5 Å². The van der Waals surface area contributed by atoms with Gasteiger partial charge in [0.1, 0.15) is 17.8 Å². The van der Waals surface area contributed by atoms with Crippen molar-refractivity contribution in [3.63, 3.8) is 0 Å². The molecule has 1 aliphatic heterocycles. The molecule has 2 aromatic heterocycles. The molecular formula is C22H25FN6O2. The molecule has 1 saturated heterocycles. The van der Waals surface area contributed by atoms with E-state index >= 15 is 0 Å². The number of nitrogens with zero attached hydrogens (tertiary/aromatic N) is 5. The number of hydrogen-bond acceptors (Lipinski definition) is 6. The molecule has 31 heavy (non-hydrogen) atoms. The molecule has 0 amide bonds. The Bertz CT molecular complexity index is 1080. The number of benzene rings is 1. The van der Waals surface area contributed by atoms with Gasteiger partial charge in [0.05, 0.1) is 16.3 Å². The van der Waals surface area contributed by atoms with Crippen molar-refractivity contribution >= 4 is 22.9 Å². The Morgan fingerprint density at radius 1 is 1.26 bits per heavy atom. The lowest BCUT2D eigenvalue weighted by atomic mass is 10.1. The fraction of sp³-hybridized carbons (Fsp3) is 0.364. The number of piperidine rings is 1. The molecule has 162 valence electrons. The van der Waals surface area contributed by atoms with E-state index in [-0.39, 0.29) is 17.4 Å². The zero-order valence-corrected chi connectivity index (χ0v) is 17.5. The van der Waals surface area contributed by atoms with Crippen LogP contribution in [0.5, 0.6) is 0 Å². The maximum atomic E-state index is 14.0. The fourth-order valence-electron chi connectivity index (χ4n) is 3.88. The molecule has 1 N–H and O–H groups in total. The molecule has 1 atom stereocenters. The van der Waals surface area contributed by atoms with Gasteiger partial charge in [-0.3, -0.25) is 14.7 Å². The Labute approximate surface area is 179 Å². The van der Waals surface area contributed by atoms with Gasteiger partial charge in [0.25, 0.3) is 0 Å². The minimum atomic E-state index is -0.881. The third kappa shape index (κ3) is 4.35. The number of halogens is 1. The van der Waals surface area contributed by atoms with Crippen molar-refractivity contribution < 1.29 is 9.31 Å². The topological polar surface area (TPSA) is 89.1 Å². The van der Waals surface area contributed by atoms with Gasteiger partial charge >= 0.3 is 5.69 Å². The maximum Gasteiger partial charge on any atom is 0.311 e. The molecule has 1 aromatic carbocycles. The molecule has 1 unspecified atom stereocenters. The van der Waals surface area contributed by atoms with E-state index in [2.05, 4.69) is 15.3 Å². The summed E-state index contributed by atoms with van der Waals surface area (Å²) < 4.78 is 15.8. The molecule has 4 rings (SSSR count). The summed E-state index contributed by atoms with van der Waals surface area (Å²) in [7, 11) is 0. The van der Waals surface area contributed by atoms with Gasteiger partial charge in [-0.15, -0.1) is 0 Å². The third-order valence-corrected chi connectivity index (χ3v) is 5.35. The van der Waals surface area contributed by atoms with E-state index in [1.165, 1.54) is 6.07 Å². The Kier molecular flexibility index (Phi) is 5.83. The van der Waals surface area contributed by atoms with Crippen LogP contribution in [0.2, 0.25) is 0 Å². The molecule has 0 spiro atoms. The number of imidazole rings is 1. The Morgan fingerprint density at radius 3 is 2.81 bits per heavy atom. The number of nitro groups is 1. The van der Waals surface area contributed by atoms with Crippen molar-refractivity contribution in [3.8, 4) is 5.82 Å². The SMILES string of the molecule is CC(C)c1nccn1-c1ccc([N+](=O)[O-])c(Nc2ccccc2N2CCCC(F)C2)n1. The minimum absolute atomic E-state index is 0.132. The highest BCUT2D eigenvalue weighted by Gasteiger charge is 2.23. The first-order valence-corrected chi connectivity index (χ1v) is 10.4. The number of anilines is 3. The number of pyridine rings is 1. The summed E-state index contributed by atoms with van der Waals surface area (Å²) in [4.78, 5) is 22.1. The van der Waals surface area contributed by atoms with Gasteiger partial charge in [0, 0.05) is 37.5 Å². The number of rotatable bonds is 6. The van der Waals surface area contributed by atoms with Gasteiger partial charge in [-0.05, 0) is 31.0 Å². The maximum absolute atomic E-state index is 14.0. The van der Waals surface area contributed by atoms with Crippen LogP contribution in [0.15, 0.2) is 48.8 Å². The predicted molar refractivity (Wildman–Crippen MR) is 118 cm³/mol. The summed E-state index contributed by atoms with van der Waals surface area (Å²) in [5.74, 6) is 1.65. The van der Waals surface area contributed by atoms with Crippen LogP contribution in [0.3, 0.4) is 0 Å². The minimum Gasteiger partial charge on any atom is -0.367 e. The van der Waals surface area contributed by atoms with Crippen LogP contribution in [-0.2, 0) is 0 Å². The van der Waals surface area contributed by atoms with Gasteiger partial charge in [0.15, 0.2) is 0 Å². The molecule has 8 nitrogen and oxygen atoms in total. The zero-order chi connectivity index (χ0) is 22.0. The highest BCUT2D eigenvalue weighted by Crippen LogP contribution is 2.34. The van der Waals surface area contributed by atoms with E-state index in [1.54, 1.807) is 18.5 Å². The average molecular weight is 424 g/mol. The molecule has 0 bridgehead atoms. The van der Waals surface area contributed by atoms with E-state index < -0.39 is 11.1 Å². The second kappa shape index (κ2) is 8.71. The summed E-state index contributed by atoms with van der Waals surface area (Å²) in [6.07, 6.45) is 3.92. The molecule has 1 aliphatic rings. The Morgan fingerprint density at radius 2 is 2.06 bits per heavy atom. The van der Waals surface area contributed by atoms with Crippen LogP contribution >= 0.6 is 0 Å². The molecule has 3 aromatic rings. The Balaban J connectivity index is 1.73. The quantitative estimate of drug-likeness (QED) is 0.443. The number of para-hydroxylation sites is 2. The van der Waals surface area contributed by atoms with Crippen LogP contribution in [0.4, 0.5) is 27.3 Å². The first-order chi connectivity index (χ1) is 14.9. The fourth-order valence-corrected chi connectivity index (χ4v) is 3.88. The van der Waals surface area contributed by atoms with Crippen molar-refractivity contribution in [2.24, 2.45) is 0 Å². The van der Waals surface area contributed by atoms with E-state index in [9.17, 15) is 14.5 Å². The van der Waals surface area contributed by atoms with Gasteiger partial charge in [-0.1, -0.05) is 26.0 Å². The average Bonchev–Trinajstić information content (AvgIpc) is 3.24. The van der Waals surface area contributed by atoms with Crippen molar-refractivity contribution in [3.05, 3.63) is 64.7 Å². The zero-order valence-electron chi connectivity index (χ0n) is 17.5. The predicted octanol–water partition coefficient (Wildman–Crippen LogP) is 4.98. The van der Waals surface area contributed by atoms with Crippen LogP contribution in [0.25, 0.3) is 5.82 Å². The second-order valence-corrected chi connectivity index (χ2v) is 7.93. The van der Waals surface area contributed by atoms with Crippen LogP contribution in [-0.4, -0.2) is 38.7 Å². The molecule has 3 heterocycles. The number of hydrogen-bond donors (Lipinski definition) is 1. The largest absolute Gasteiger partial charge is 0.367 e. The molecule has 1 fully saturated rings. The highest BCUT2D eigenvalue weighted by atomic mass is 19.1. The van der Waals surface area contributed by atoms with Crippen molar-refractivity contribution in [2.45, 2.75) is 38.8 Å². The molecular weight excluding hydrogens is 399 g/mol. The highest BCUT2D eigenvalue weighted by molar-refractivity contribution is 5.77. The summed E-state index contributed by atoms with van der Waals surface area (Å²) >= 11 is 0. The first kappa shape index (κ1) is 20.8. The van der Waals surface area contributed by atoms with E-state index in [4.69, 9.17) is 0 Å². The number of aromatic nitrogens is 3. The van der Waals surface area contributed by atoms with E-state index in [0.717, 1.165) is 24.5 Å². The van der Waals surface area contributed by atoms with Crippen LogP contribution < -0.4 is 10.2 Å². The van der Waals surface area contributed by atoms with Gasteiger partial charge < -0.3 is 10.2 Å². The second-order valence-electron chi connectivity index (χ2n) is 7.93. The first-order valence-electron chi connectivity index (χ1n) is 10.4. The molecule has 0 aliphatic carbocycles. The smallest absolute Gasteiger partial charge is 0.311 e.